The molecule has 1 rings (SSSR count). The Morgan fingerprint density at radius 2 is 2.36 bits per heavy atom. The first-order chi connectivity index (χ1) is 6.72. The molecular formula is C10H8ClNO2. The molecule has 0 N–H and O–H groups in total. The van der Waals surface area contributed by atoms with E-state index >= 15 is 0 Å². The molecule has 0 fully saturated rings. The molecule has 0 spiro atoms. The Bertz CT molecular complexity index is 384. The second-order valence-corrected chi connectivity index (χ2v) is 3.04. The van der Waals surface area contributed by atoms with Gasteiger partial charge in [-0.1, -0.05) is 17.7 Å². The van der Waals surface area contributed by atoms with Gasteiger partial charge >= 0.3 is 0 Å². The molecule has 0 saturated carbocycles. The van der Waals surface area contributed by atoms with Crippen molar-refractivity contribution >= 4 is 17.9 Å². The first-order valence-corrected chi connectivity index (χ1v) is 4.29. The van der Waals surface area contributed by atoms with Gasteiger partial charge in [0, 0.05) is 0 Å². The molecule has 1 atom stereocenters. The van der Waals surface area contributed by atoms with Gasteiger partial charge in [-0.2, -0.15) is 5.26 Å². The largest absolute Gasteiger partial charge is 0.495 e. The molecule has 72 valence electrons. The summed E-state index contributed by atoms with van der Waals surface area (Å²) in [6, 6.07) is 6.70. The molecule has 0 amide bonds. The van der Waals surface area contributed by atoms with Crippen LogP contribution in [0, 0.1) is 11.3 Å². The van der Waals surface area contributed by atoms with Gasteiger partial charge in [0.25, 0.3) is 0 Å². The van der Waals surface area contributed by atoms with Crippen molar-refractivity contribution in [1.29, 1.82) is 5.26 Å². The van der Waals surface area contributed by atoms with Crippen LogP contribution in [-0.2, 0) is 4.79 Å². The predicted molar refractivity (Wildman–Crippen MR) is 52.4 cm³/mol. The molecule has 0 aliphatic heterocycles. The lowest BCUT2D eigenvalue weighted by molar-refractivity contribution is -0.108. The van der Waals surface area contributed by atoms with Gasteiger partial charge in [-0.05, 0) is 17.7 Å². The van der Waals surface area contributed by atoms with E-state index in [4.69, 9.17) is 21.6 Å². The summed E-state index contributed by atoms with van der Waals surface area (Å²) in [5.41, 5.74) is 0.577. The Labute approximate surface area is 86.9 Å². The zero-order valence-electron chi connectivity index (χ0n) is 7.53. The number of ether oxygens (including phenoxy) is 1. The highest BCUT2D eigenvalue weighted by Gasteiger charge is 2.10. The van der Waals surface area contributed by atoms with Crippen LogP contribution in [0.15, 0.2) is 18.2 Å². The molecule has 3 nitrogen and oxygen atoms in total. The van der Waals surface area contributed by atoms with Crippen molar-refractivity contribution in [3.05, 3.63) is 28.8 Å². The molecule has 0 saturated heterocycles. The van der Waals surface area contributed by atoms with Crippen LogP contribution in [0.5, 0.6) is 5.75 Å². The minimum Gasteiger partial charge on any atom is -0.495 e. The molecule has 1 unspecified atom stereocenters. The Balaban J connectivity index is 3.08. The average Bonchev–Trinajstić information content (AvgIpc) is 2.20. The molecule has 1 aromatic carbocycles. The molecule has 0 heterocycles. The number of halogens is 1. The number of benzene rings is 1. The highest BCUT2D eigenvalue weighted by atomic mass is 35.5. The second kappa shape index (κ2) is 4.64. The van der Waals surface area contributed by atoms with E-state index in [9.17, 15) is 4.79 Å². The topological polar surface area (TPSA) is 50.1 Å². The molecule has 0 aliphatic carbocycles. The van der Waals surface area contributed by atoms with Crippen LogP contribution >= 0.6 is 11.6 Å². The van der Waals surface area contributed by atoms with Crippen molar-refractivity contribution in [1.82, 2.24) is 0 Å². The van der Waals surface area contributed by atoms with Crippen molar-refractivity contribution in [2.45, 2.75) is 5.92 Å². The minimum absolute atomic E-state index is 0.395. The van der Waals surface area contributed by atoms with Crippen LogP contribution in [-0.4, -0.2) is 13.4 Å². The Hall–Kier alpha value is -1.53. The summed E-state index contributed by atoms with van der Waals surface area (Å²) in [5, 5.41) is 9.04. The summed E-state index contributed by atoms with van der Waals surface area (Å²) in [5.74, 6) is -0.239. The van der Waals surface area contributed by atoms with Gasteiger partial charge in [0.1, 0.15) is 18.0 Å². The van der Waals surface area contributed by atoms with Crippen LogP contribution in [0.2, 0.25) is 5.02 Å². The molecule has 1 aromatic rings. The molecule has 4 heteroatoms. The third kappa shape index (κ3) is 2.04. The van der Waals surface area contributed by atoms with E-state index in [1.807, 2.05) is 6.07 Å². The van der Waals surface area contributed by atoms with Gasteiger partial charge in [0.15, 0.2) is 0 Å². The predicted octanol–water partition coefficient (Wildman–Crippen LogP) is 2.15. The van der Waals surface area contributed by atoms with Crippen molar-refractivity contribution in [2.24, 2.45) is 0 Å². The first-order valence-electron chi connectivity index (χ1n) is 3.91. The first kappa shape index (κ1) is 10.6. The van der Waals surface area contributed by atoms with Crippen LogP contribution < -0.4 is 4.74 Å². The van der Waals surface area contributed by atoms with Gasteiger partial charge < -0.3 is 9.53 Å². The monoisotopic (exact) mass is 209 g/mol. The quantitative estimate of drug-likeness (QED) is 0.717. The van der Waals surface area contributed by atoms with E-state index in [-0.39, 0.29) is 0 Å². The van der Waals surface area contributed by atoms with Gasteiger partial charge in [-0.15, -0.1) is 0 Å². The normalized spacial score (nSPS) is 11.5. The summed E-state index contributed by atoms with van der Waals surface area (Å²) >= 11 is 5.84. The zero-order valence-corrected chi connectivity index (χ0v) is 8.28. The number of hydrogen-bond donors (Lipinski definition) is 0. The second-order valence-electron chi connectivity index (χ2n) is 2.64. The summed E-state index contributed by atoms with van der Waals surface area (Å²) in [4.78, 5) is 10.5. The lowest BCUT2D eigenvalue weighted by atomic mass is 10.0. The summed E-state index contributed by atoms with van der Waals surface area (Å²) in [6.07, 6.45) is 0.581. The van der Waals surface area contributed by atoms with E-state index in [0.29, 0.717) is 22.6 Å². The Morgan fingerprint density at radius 1 is 1.64 bits per heavy atom. The fraction of sp³-hybridized carbons (Fsp3) is 0.200. The van der Waals surface area contributed by atoms with E-state index in [0.717, 1.165) is 0 Å². The maximum atomic E-state index is 10.5. The molecular weight excluding hydrogens is 202 g/mol. The van der Waals surface area contributed by atoms with Crippen LogP contribution in [0.3, 0.4) is 0 Å². The number of aldehydes is 1. The number of nitrogens with zero attached hydrogens (tertiary/aromatic N) is 1. The molecule has 0 aromatic heterocycles. The highest BCUT2D eigenvalue weighted by Crippen LogP contribution is 2.27. The van der Waals surface area contributed by atoms with E-state index in [1.165, 1.54) is 7.11 Å². The third-order valence-electron chi connectivity index (χ3n) is 1.81. The maximum absolute atomic E-state index is 10.5. The van der Waals surface area contributed by atoms with Crippen molar-refractivity contribution in [3.8, 4) is 11.8 Å². The number of rotatable bonds is 3. The van der Waals surface area contributed by atoms with Gasteiger partial charge in [-0.3, -0.25) is 0 Å². The van der Waals surface area contributed by atoms with Crippen LogP contribution in [0.1, 0.15) is 11.5 Å². The van der Waals surface area contributed by atoms with Gasteiger partial charge in [0.05, 0.1) is 18.2 Å². The fourth-order valence-corrected chi connectivity index (χ4v) is 1.33. The lowest BCUT2D eigenvalue weighted by Gasteiger charge is -2.06. The van der Waals surface area contributed by atoms with Crippen molar-refractivity contribution in [2.75, 3.05) is 7.11 Å². The zero-order chi connectivity index (χ0) is 10.6. The standard InChI is InChI=1S/C10H8ClNO2/c1-14-10-3-2-7(4-9(10)11)8(5-12)6-13/h2-4,6,8H,1H3. The number of methoxy groups -OCH3 is 1. The third-order valence-corrected chi connectivity index (χ3v) is 2.11. The smallest absolute Gasteiger partial charge is 0.141 e. The molecule has 0 aliphatic rings. The molecule has 0 bridgehead atoms. The SMILES string of the molecule is COc1ccc(C(C#N)C=O)cc1Cl. The minimum atomic E-state index is -0.765. The summed E-state index contributed by atoms with van der Waals surface area (Å²) in [6.45, 7) is 0. The summed E-state index contributed by atoms with van der Waals surface area (Å²) < 4.78 is 4.94. The van der Waals surface area contributed by atoms with Crippen LogP contribution in [0.4, 0.5) is 0 Å². The Morgan fingerprint density at radius 3 is 2.79 bits per heavy atom. The number of hydrogen-bond acceptors (Lipinski definition) is 3. The average molecular weight is 210 g/mol. The van der Waals surface area contributed by atoms with E-state index in [1.54, 1.807) is 18.2 Å². The Kier molecular flexibility index (Phi) is 3.49. The lowest BCUT2D eigenvalue weighted by Crippen LogP contribution is -1.97. The van der Waals surface area contributed by atoms with E-state index < -0.39 is 5.92 Å². The van der Waals surface area contributed by atoms with Gasteiger partial charge in [-0.25, -0.2) is 0 Å². The number of nitriles is 1. The maximum Gasteiger partial charge on any atom is 0.141 e. The molecule has 0 radical (unpaired) electrons. The number of carbonyl (C=O) groups excluding carboxylic acids is 1. The van der Waals surface area contributed by atoms with E-state index in [2.05, 4.69) is 0 Å². The highest BCUT2D eigenvalue weighted by molar-refractivity contribution is 6.32. The van der Waals surface area contributed by atoms with Crippen molar-refractivity contribution < 1.29 is 9.53 Å². The molecule has 14 heavy (non-hydrogen) atoms. The van der Waals surface area contributed by atoms with Gasteiger partial charge in [0.2, 0.25) is 0 Å². The summed E-state index contributed by atoms with van der Waals surface area (Å²) in [7, 11) is 1.50. The van der Waals surface area contributed by atoms with Crippen LogP contribution in [0.25, 0.3) is 0 Å². The van der Waals surface area contributed by atoms with Crippen molar-refractivity contribution in [3.63, 3.8) is 0 Å². The number of carbonyl (C=O) groups is 1. The fourth-order valence-electron chi connectivity index (χ4n) is 1.06.